The zero-order valence-corrected chi connectivity index (χ0v) is 28.8. The highest BCUT2D eigenvalue weighted by Crippen LogP contribution is 2.59. The van der Waals surface area contributed by atoms with Crippen LogP contribution >= 0.6 is 0 Å². The van der Waals surface area contributed by atoms with E-state index in [0.717, 1.165) is 13.1 Å². The fraction of sp³-hybridized carbons (Fsp3) is 0.622. The van der Waals surface area contributed by atoms with E-state index in [1.54, 1.807) is 24.0 Å². The summed E-state index contributed by atoms with van der Waals surface area (Å²) in [6, 6.07) is 6.97. The van der Waals surface area contributed by atoms with Crippen LogP contribution in [0, 0.1) is 11.8 Å². The zero-order valence-electron chi connectivity index (χ0n) is 28.8. The molecule has 268 valence electrons. The predicted molar refractivity (Wildman–Crippen MR) is 182 cm³/mol. The molecule has 1 aromatic rings. The van der Waals surface area contributed by atoms with Gasteiger partial charge in [-0.05, 0) is 38.2 Å². The number of fused-ring (bicyclic) bond motifs is 1. The molecule has 0 aromatic heterocycles. The summed E-state index contributed by atoms with van der Waals surface area (Å²) in [4.78, 5) is 61.6. The molecule has 1 aromatic carbocycles. The maximum absolute atomic E-state index is 14.6. The van der Waals surface area contributed by atoms with Gasteiger partial charge in [0.2, 0.25) is 17.7 Å². The number of carbonyl (C=O) groups excluding carboxylic acids is 4. The molecule has 0 unspecified atom stereocenters. The molecule has 12 heteroatoms. The lowest BCUT2D eigenvalue weighted by atomic mass is 9.70. The van der Waals surface area contributed by atoms with Gasteiger partial charge in [-0.1, -0.05) is 49.4 Å². The third kappa shape index (κ3) is 7.47. The maximum atomic E-state index is 14.6. The van der Waals surface area contributed by atoms with E-state index in [1.165, 1.54) is 4.90 Å². The molecule has 2 bridgehead atoms. The molecule has 4 heterocycles. The standard InChI is InChI=1S/C37H52N4O8/c1-5-8-14-29(43)38-25(4)32(26-12-10-9-11-13-26)48-36(46)30-28-15-16-37(49-28)31(30)34(44)41(27(7-3)24-42)33(37)35(45)40(17-6-2)19-18-39-20-22-47-23-21-39/h5-6,9-13,25,27-28,30-33,42H,1-2,7-8,14-24H2,3-4H3,(H,38,43)/t25-,27-,28+,30-,31-,32-,33+,37-/m0/s1. The number of carbonyl (C=O) groups is 4. The average molecular weight is 681 g/mol. The largest absolute Gasteiger partial charge is 0.455 e. The Morgan fingerprint density at radius 1 is 1.18 bits per heavy atom. The van der Waals surface area contributed by atoms with Crippen molar-refractivity contribution in [1.82, 2.24) is 20.0 Å². The van der Waals surface area contributed by atoms with Gasteiger partial charge >= 0.3 is 5.97 Å². The topological polar surface area (TPSA) is 138 Å². The van der Waals surface area contributed by atoms with Crippen molar-refractivity contribution >= 4 is 23.7 Å². The Labute approximate surface area is 289 Å². The van der Waals surface area contributed by atoms with E-state index in [9.17, 15) is 24.3 Å². The highest BCUT2D eigenvalue weighted by Gasteiger charge is 2.75. The summed E-state index contributed by atoms with van der Waals surface area (Å²) < 4.78 is 18.4. The van der Waals surface area contributed by atoms with Gasteiger partial charge in [0.05, 0.1) is 49.8 Å². The zero-order chi connectivity index (χ0) is 35.1. The number of allylic oxidation sites excluding steroid dienone is 1. The van der Waals surface area contributed by atoms with Gasteiger partial charge in [0, 0.05) is 39.1 Å². The molecule has 8 atom stereocenters. The Morgan fingerprint density at radius 3 is 2.57 bits per heavy atom. The van der Waals surface area contributed by atoms with Crippen LogP contribution in [0.4, 0.5) is 0 Å². The number of morpholine rings is 1. The summed E-state index contributed by atoms with van der Waals surface area (Å²) in [5.41, 5.74) is -0.541. The molecule has 4 saturated heterocycles. The van der Waals surface area contributed by atoms with E-state index in [0.29, 0.717) is 57.6 Å². The van der Waals surface area contributed by atoms with Crippen LogP contribution < -0.4 is 5.32 Å². The van der Waals surface area contributed by atoms with Crippen molar-refractivity contribution in [2.24, 2.45) is 11.8 Å². The summed E-state index contributed by atoms with van der Waals surface area (Å²) in [6.07, 6.45) is 4.00. The van der Waals surface area contributed by atoms with Gasteiger partial charge in [0.25, 0.3) is 0 Å². The van der Waals surface area contributed by atoms with Gasteiger partial charge < -0.3 is 34.4 Å². The molecule has 3 amide bonds. The highest BCUT2D eigenvalue weighted by atomic mass is 16.6. The lowest BCUT2D eigenvalue weighted by Gasteiger charge is -2.39. The van der Waals surface area contributed by atoms with Crippen LogP contribution in [-0.2, 0) is 33.4 Å². The number of hydrogen-bond acceptors (Lipinski definition) is 9. The molecule has 0 radical (unpaired) electrons. The van der Waals surface area contributed by atoms with Crippen LogP contribution in [0.15, 0.2) is 55.6 Å². The van der Waals surface area contributed by atoms with E-state index in [2.05, 4.69) is 23.4 Å². The molecular weight excluding hydrogens is 628 g/mol. The van der Waals surface area contributed by atoms with E-state index >= 15 is 0 Å². The number of nitrogens with one attached hydrogen (secondary N) is 1. The molecule has 0 saturated carbocycles. The van der Waals surface area contributed by atoms with Crippen LogP contribution in [0.2, 0.25) is 0 Å². The maximum Gasteiger partial charge on any atom is 0.313 e. The molecule has 49 heavy (non-hydrogen) atoms. The average Bonchev–Trinajstić information content (AvgIpc) is 3.76. The number of esters is 1. The van der Waals surface area contributed by atoms with Gasteiger partial charge in [-0.2, -0.15) is 0 Å². The summed E-state index contributed by atoms with van der Waals surface area (Å²) in [5, 5.41) is 13.4. The molecule has 1 spiro atoms. The minimum atomic E-state index is -1.24. The molecule has 2 N–H and O–H groups in total. The molecule has 0 aliphatic carbocycles. The number of hydrogen-bond donors (Lipinski definition) is 2. The van der Waals surface area contributed by atoms with E-state index in [1.807, 2.05) is 37.3 Å². The number of ether oxygens (including phenoxy) is 3. The fourth-order valence-corrected chi connectivity index (χ4v) is 8.09. The summed E-state index contributed by atoms with van der Waals surface area (Å²) in [6.45, 7) is 15.0. The lowest BCUT2D eigenvalue weighted by Crippen LogP contribution is -2.59. The van der Waals surface area contributed by atoms with Crippen LogP contribution in [0.25, 0.3) is 0 Å². The minimum Gasteiger partial charge on any atom is -0.455 e. The van der Waals surface area contributed by atoms with Crippen molar-refractivity contribution in [2.45, 2.75) is 81.9 Å². The van der Waals surface area contributed by atoms with Gasteiger partial charge in [0.1, 0.15) is 17.7 Å². The van der Waals surface area contributed by atoms with Crippen molar-refractivity contribution in [2.75, 3.05) is 52.5 Å². The first-order chi connectivity index (χ1) is 23.7. The van der Waals surface area contributed by atoms with Crippen LogP contribution in [0.5, 0.6) is 0 Å². The van der Waals surface area contributed by atoms with E-state index in [4.69, 9.17) is 14.2 Å². The molecule has 5 rings (SSSR count). The van der Waals surface area contributed by atoms with Crippen LogP contribution in [-0.4, -0.2) is 126 Å². The first-order valence-electron chi connectivity index (χ1n) is 17.7. The lowest BCUT2D eigenvalue weighted by molar-refractivity contribution is -0.162. The highest BCUT2D eigenvalue weighted by molar-refractivity contribution is 5.98. The number of nitrogens with zero attached hydrogens (tertiary/aromatic N) is 3. The second-order valence-corrected chi connectivity index (χ2v) is 13.5. The molecule has 4 aliphatic rings. The second kappa shape index (κ2) is 16.4. The van der Waals surface area contributed by atoms with Gasteiger partial charge in [-0.3, -0.25) is 24.1 Å². The smallest absolute Gasteiger partial charge is 0.313 e. The van der Waals surface area contributed by atoms with E-state index in [-0.39, 0.29) is 37.3 Å². The number of benzene rings is 1. The Hall–Kier alpha value is -3.58. The normalized spacial score (nSPS) is 28.0. The van der Waals surface area contributed by atoms with Gasteiger partial charge in [0.15, 0.2) is 0 Å². The summed E-state index contributed by atoms with van der Waals surface area (Å²) in [7, 11) is 0. The number of likely N-dealkylation sites (tertiary alicyclic amines) is 1. The Bertz CT molecular complexity index is 1350. The van der Waals surface area contributed by atoms with Crippen molar-refractivity contribution in [3.8, 4) is 0 Å². The Kier molecular flexibility index (Phi) is 12.3. The summed E-state index contributed by atoms with van der Waals surface area (Å²) in [5.74, 6) is -3.35. The predicted octanol–water partition coefficient (Wildman–Crippen LogP) is 2.23. The molecule has 4 aliphatic heterocycles. The van der Waals surface area contributed by atoms with E-state index < -0.39 is 53.7 Å². The number of rotatable bonds is 17. The first kappa shape index (κ1) is 36.7. The van der Waals surface area contributed by atoms with Crippen molar-refractivity contribution in [3.05, 3.63) is 61.2 Å². The molecular formula is C37H52N4O8. The fourth-order valence-electron chi connectivity index (χ4n) is 8.09. The third-order valence-corrected chi connectivity index (χ3v) is 10.6. The first-order valence-corrected chi connectivity index (χ1v) is 17.7. The van der Waals surface area contributed by atoms with Crippen molar-refractivity contribution in [1.29, 1.82) is 0 Å². The monoisotopic (exact) mass is 680 g/mol. The molecule has 4 fully saturated rings. The number of amides is 3. The number of aliphatic hydroxyl groups is 1. The SMILES string of the molecule is C=CCCC(=O)N[C@@H](C)[C@H](OC(=O)[C@@H]1[C@H]2C(=O)N([C@@H](CC)CO)[C@H](C(=O)N(CC=C)CCN3CCOCC3)[C@]23CC[C@H]1O3)c1ccccc1. The van der Waals surface area contributed by atoms with Gasteiger partial charge in [-0.15, -0.1) is 13.2 Å². The van der Waals surface area contributed by atoms with Crippen molar-refractivity contribution in [3.63, 3.8) is 0 Å². The van der Waals surface area contributed by atoms with Crippen molar-refractivity contribution < 1.29 is 38.5 Å². The third-order valence-electron chi connectivity index (χ3n) is 10.6. The summed E-state index contributed by atoms with van der Waals surface area (Å²) >= 11 is 0. The number of aliphatic hydroxyl groups excluding tert-OH is 1. The second-order valence-electron chi connectivity index (χ2n) is 13.5. The molecule has 12 nitrogen and oxygen atoms in total. The Balaban J connectivity index is 1.43. The quantitative estimate of drug-likeness (QED) is 0.188. The van der Waals surface area contributed by atoms with Crippen LogP contribution in [0.1, 0.15) is 57.6 Å². The Morgan fingerprint density at radius 2 is 1.92 bits per heavy atom. The van der Waals surface area contributed by atoms with Gasteiger partial charge in [-0.25, -0.2) is 0 Å². The minimum absolute atomic E-state index is 0.193. The van der Waals surface area contributed by atoms with Crippen LogP contribution in [0.3, 0.4) is 0 Å².